The quantitative estimate of drug-likeness (QED) is 0.809. The van der Waals surface area contributed by atoms with Gasteiger partial charge in [0.25, 0.3) is 0 Å². The summed E-state index contributed by atoms with van der Waals surface area (Å²) < 4.78 is 0. The molecule has 1 aromatic carbocycles. The molecule has 0 saturated carbocycles. The smallest absolute Gasteiger partial charge is 0.234 e. The van der Waals surface area contributed by atoms with E-state index in [4.69, 9.17) is 0 Å². The Morgan fingerprint density at radius 3 is 2.17 bits per heavy atom. The van der Waals surface area contributed by atoms with Gasteiger partial charge in [-0.1, -0.05) is 37.3 Å². The molecular weight excluding hydrogens is 290 g/mol. The lowest BCUT2D eigenvalue weighted by atomic mass is 10.1. The lowest BCUT2D eigenvalue weighted by Gasteiger charge is -2.25. The van der Waals surface area contributed by atoms with Crippen molar-refractivity contribution in [2.24, 2.45) is 0 Å². The summed E-state index contributed by atoms with van der Waals surface area (Å²) in [5.41, 5.74) is 0.801. The molecule has 0 aliphatic carbocycles. The van der Waals surface area contributed by atoms with Crippen LogP contribution in [0.4, 0.5) is 0 Å². The van der Waals surface area contributed by atoms with Crippen LogP contribution in [-0.4, -0.2) is 41.9 Å². The number of nitrogens with one attached hydrogen (secondary N) is 2. The van der Waals surface area contributed by atoms with Gasteiger partial charge in [0.1, 0.15) is 0 Å². The number of rotatable bonds is 7. The molecule has 0 aromatic heterocycles. The third-order valence-electron chi connectivity index (χ3n) is 3.37. The number of hydrogen-bond acceptors (Lipinski definition) is 3. The molecule has 0 fully saturated rings. The topological polar surface area (TPSA) is 61.4 Å². The summed E-state index contributed by atoms with van der Waals surface area (Å²) in [5.74, 6) is -0.144. The molecule has 0 aliphatic heterocycles. The molecule has 0 heterocycles. The fourth-order valence-electron chi connectivity index (χ4n) is 2.26. The van der Waals surface area contributed by atoms with Crippen molar-refractivity contribution in [1.29, 1.82) is 0 Å². The van der Waals surface area contributed by atoms with E-state index in [9.17, 15) is 9.59 Å². The van der Waals surface area contributed by atoms with Crippen LogP contribution in [0.2, 0.25) is 0 Å². The van der Waals surface area contributed by atoms with Crippen molar-refractivity contribution in [2.75, 3.05) is 19.6 Å². The molecule has 0 aliphatic rings. The van der Waals surface area contributed by atoms with Crippen molar-refractivity contribution in [2.45, 2.75) is 46.2 Å². The van der Waals surface area contributed by atoms with Crippen molar-refractivity contribution >= 4 is 11.8 Å². The molecule has 5 nitrogen and oxygen atoms in total. The summed E-state index contributed by atoms with van der Waals surface area (Å²) >= 11 is 0. The third-order valence-corrected chi connectivity index (χ3v) is 3.37. The Kier molecular flexibility index (Phi) is 7.23. The van der Waals surface area contributed by atoms with E-state index in [-0.39, 0.29) is 36.5 Å². The highest BCUT2D eigenvalue weighted by Gasteiger charge is 2.18. The zero-order chi connectivity index (χ0) is 17.5. The van der Waals surface area contributed by atoms with Gasteiger partial charge < -0.3 is 10.6 Å². The van der Waals surface area contributed by atoms with Crippen molar-refractivity contribution < 1.29 is 9.59 Å². The van der Waals surface area contributed by atoms with E-state index < -0.39 is 0 Å². The molecular formula is C18H29N3O2. The molecule has 23 heavy (non-hydrogen) atoms. The predicted molar refractivity (Wildman–Crippen MR) is 93.0 cm³/mol. The minimum absolute atomic E-state index is 0.0502. The Morgan fingerprint density at radius 1 is 1.09 bits per heavy atom. The number of carbonyl (C=O) groups excluding carboxylic acids is 2. The van der Waals surface area contributed by atoms with Crippen molar-refractivity contribution in [3.8, 4) is 0 Å². The van der Waals surface area contributed by atoms with Crippen LogP contribution in [0, 0.1) is 0 Å². The molecule has 0 unspecified atom stereocenters. The van der Waals surface area contributed by atoms with Crippen molar-refractivity contribution in [3.05, 3.63) is 35.9 Å². The monoisotopic (exact) mass is 319 g/mol. The standard InChI is InChI=1S/C18H29N3O2/c1-6-21(13-17(23)20-18(3,4)5)12-16(22)19-14(2)15-10-8-7-9-11-15/h7-11,14H,6,12-13H2,1-5H3,(H,19,22)(H,20,23)/t14-/m1/s1. The van der Waals surface area contributed by atoms with Crippen molar-refractivity contribution in [1.82, 2.24) is 15.5 Å². The molecule has 5 heteroatoms. The average Bonchev–Trinajstić information content (AvgIpc) is 2.45. The van der Waals surface area contributed by atoms with Gasteiger partial charge >= 0.3 is 0 Å². The van der Waals surface area contributed by atoms with Crippen LogP contribution in [-0.2, 0) is 9.59 Å². The van der Waals surface area contributed by atoms with Crippen molar-refractivity contribution in [3.63, 3.8) is 0 Å². The molecule has 128 valence electrons. The van der Waals surface area contributed by atoms with Gasteiger partial charge in [0, 0.05) is 5.54 Å². The zero-order valence-corrected chi connectivity index (χ0v) is 14.8. The number of benzene rings is 1. The van der Waals surface area contributed by atoms with Gasteiger partial charge in [-0.25, -0.2) is 0 Å². The van der Waals surface area contributed by atoms with Gasteiger partial charge in [-0.3, -0.25) is 14.5 Å². The zero-order valence-electron chi connectivity index (χ0n) is 14.8. The summed E-state index contributed by atoms with van der Waals surface area (Å²) in [7, 11) is 0. The Balaban J connectivity index is 2.48. The van der Waals surface area contributed by atoms with E-state index in [0.29, 0.717) is 6.54 Å². The molecule has 1 atom stereocenters. The van der Waals surface area contributed by atoms with Crippen LogP contribution < -0.4 is 10.6 Å². The summed E-state index contributed by atoms with van der Waals surface area (Å²) in [4.78, 5) is 26.0. The first-order valence-electron chi connectivity index (χ1n) is 8.09. The van der Waals surface area contributed by atoms with Crippen LogP contribution in [0.1, 0.15) is 46.2 Å². The Labute approximate surface area is 139 Å². The lowest BCUT2D eigenvalue weighted by molar-refractivity contribution is -0.126. The van der Waals surface area contributed by atoms with Crippen LogP contribution in [0.25, 0.3) is 0 Å². The third kappa shape index (κ3) is 7.79. The molecule has 0 spiro atoms. The second-order valence-corrected chi connectivity index (χ2v) is 6.80. The summed E-state index contributed by atoms with van der Waals surface area (Å²) in [6.45, 7) is 10.8. The van der Waals surface area contributed by atoms with E-state index in [0.717, 1.165) is 5.56 Å². The lowest BCUT2D eigenvalue weighted by Crippen LogP contribution is -2.48. The van der Waals surface area contributed by atoms with E-state index in [2.05, 4.69) is 10.6 Å². The number of hydrogen-bond donors (Lipinski definition) is 2. The minimum Gasteiger partial charge on any atom is -0.350 e. The highest BCUT2D eigenvalue weighted by molar-refractivity contribution is 5.81. The fraction of sp³-hybridized carbons (Fsp3) is 0.556. The van der Waals surface area contributed by atoms with Gasteiger partial charge in [0.15, 0.2) is 0 Å². The molecule has 0 saturated heterocycles. The largest absolute Gasteiger partial charge is 0.350 e. The summed E-state index contributed by atoms with van der Waals surface area (Å²) in [6.07, 6.45) is 0. The average molecular weight is 319 g/mol. The maximum absolute atomic E-state index is 12.2. The van der Waals surface area contributed by atoms with E-state index in [1.807, 2.05) is 69.9 Å². The SMILES string of the molecule is CCN(CC(=O)N[C@H](C)c1ccccc1)CC(=O)NC(C)(C)C. The highest BCUT2D eigenvalue weighted by atomic mass is 16.2. The van der Waals surface area contributed by atoms with Crippen LogP contribution in [0.5, 0.6) is 0 Å². The molecule has 1 aromatic rings. The number of carbonyl (C=O) groups is 2. The second kappa shape index (κ2) is 8.67. The fourth-order valence-corrected chi connectivity index (χ4v) is 2.26. The van der Waals surface area contributed by atoms with Crippen LogP contribution in [0.15, 0.2) is 30.3 Å². The minimum atomic E-state index is -0.263. The van der Waals surface area contributed by atoms with Crippen LogP contribution in [0.3, 0.4) is 0 Å². The van der Waals surface area contributed by atoms with E-state index in [1.54, 1.807) is 0 Å². The second-order valence-electron chi connectivity index (χ2n) is 6.80. The first kappa shape index (κ1) is 19.2. The summed E-state index contributed by atoms with van der Waals surface area (Å²) in [5, 5.41) is 5.88. The number of likely N-dealkylation sites (N-methyl/N-ethyl adjacent to an activating group) is 1. The van der Waals surface area contributed by atoms with E-state index in [1.165, 1.54) is 0 Å². The highest BCUT2D eigenvalue weighted by Crippen LogP contribution is 2.10. The predicted octanol–water partition coefficient (Wildman–Crippen LogP) is 2.10. The molecule has 2 amide bonds. The van der Waals surface area contributed by atoms with Crippen LogP contribution >= 0.6 is 0 Å². The van der Waals surface area contributed by atoms with Gasteiger partial charge in [0.2, 0.25) is 11.8 Å². The van der Waals surface area contributed by atoms with Gasteiger partial charge in [-0.2, -0.15) is 0 Å². The molecule has 0 bridgehead atoms. The number of nitrogens with zero attached hydrogens (tertiary/aromatic N) is 1. The van der Waals surface area contributed by atoms with Gasteiger partial charge in [-0.05, 0) is 39.8 Å². The number of amides is 2. The first-order valence-corrected chi connectivity index (χ1v) is 8.09. The van der Waals surface area contributed by atoms with Gasteiger partial charge in [-0.15, -0.1) is 0 Å². The normalized spacial score (nSPS) is 12.8. The summed E-state index contributed by atoms with van der Waals surface area (Å²) in [6, 6.07) is 9.77. The molecule has 0 radical (unpaired) electrons. The maximum Gasteiger partial charge on any atom is 0.234 e. The van der Waals surface area contributed by atoms with E-state index >= 15 is 0 Å². The maximum atomic E-state index is 12.2. The Morgan fingerprint density at radius 2 is 1.65 bits per heavy atom. The Bertz CT molecular complexity index is 509. The molecule has 2 N–H and O–H groups in total. The first-order chi connectivity index (χ1) is 10.7. The van der Waals surface area contributed by atoms with Gasteiger partial charge in [0.05, 0.1) is 19.1 Å². The molecule has 1 rings (SSSR count). The Hall–Kier alpha value is -1.88.